The normalized spacial score (nSPS) is 20.1. The molecule has 1 unspecified atom stereocenters. The van der Waals surface area contributed by atoms with Gasteiger partial charge in [0.15, 0.2) is 0 Å². The number of hydrogen-bond donors (Lipinski definition) is 1. The molecule has 0 aliphatic heterocycles. The highest BCUT2D eigenvalue weighted by Gasteiger charge is 2.24. The van der Waals surface area contributed by atoms with Crippen molar-refractivity contribution in [3.8, 4) is 11.4 Å². The summed E-state index contributed by atoms with van der Waals surface area (Å²) in [5.41, 5.74) is 3.69. The number of fused-ring (bicyclic) bond motifs is 1. The molecule has 2 nitrogen and oxygen atoms in total. The molecule has 3 heteroatoms. The first-order valence-electron chi connectivity index (χ1n) is 8.05. The van der Waals surface area contributed by atoms with Crippen LogP contribution in [0.15, 0.2) is 47.4 Å². The molecular formula is C19H20N2S. The first-order valence-corrected chi connectivity index (χ1v) is 8.50. The molecule has 0 fully saturated rings. The fraction of sp³-hybridized carbons (Fsp3) is 0.316. The summed E-state index contributed by atoms with van der Waals surface area (Å²) < 4.78 is 2.46. The van der Waals surface area contributed by atoms with E-state index in [2.05, 4.69) is 53.6 Å². The summed E-state index contributed by atoms with van der Waals surface area (Å²) in [6.45, 7) is 0. The second kappa shape index (κ2) is 5.81. The average molecular weight is 308 g/mol. The summed E-state index contributed by atoms with van der Waals surface area (Å²) in [6, 6.07) is 8.79. The maximum Gasteiger partial charge on any atom is 0.142 e. The SMILES string of the molecule is Sc1ccccc1-c1nc2c(n1C1CC=CCC1)C=CCC2. The molecular weight excluding hydrogens is 288 g/mol. The molecule has 2 aliphatic carbocycles. The second-order valence-electron chi connectivity index (χ2n) is 6.03. The number of hydrogen-bond acceptors (Lipinski definition) is 2. The third kappa shape index (κ3) is 2.34. The van der Waals surface area contributed by atoms with Crippen LogP contribution in [0.3, 0.4) is 0 Å². The van der Waals surface area contributed by atoms with Gasteiger partial charge in [-0.25, -0.2) is 4.98 Å². The van der Waals surface area contributed by atoms with E-state index in [1.165, 1.54) is 17.8 Å². The number of imidazole rings is 1. The highest BCUT2D eigenvalue weighted by molar-refractivity contribution is 7.80. The van der Waals surface area contributed by atoms with Crippen LogP contribution in [0.2, 0.25) is 0 Å². The Morgan fingerprint density at radius 2 is 2.00 bits per heavy atom. The predicted molar refractivity (Wildman–Crippen MR) is 94.3 cm³/mol. The van der Waals surface area contributed by atoms with E-state index < -0.39 is 0 Å². The van der Waals surface area contributed by atoms with E-state index in [-0.39, 0.29) is 0 Å². The van der Waals surface area contributed by atoms with E-state index in [4.69, 9.17) is 4.98 Å². The van der Waals surface area contributed by atoms with E-state index in [1.54, 1.807) is 0 Å². The van der Waals surface area contributed by atoms with E-state index in [9.17, 15) is 0 Å². The van der Waals surface area contributed by atoms with Crippen molar-refractivity contribution in [2.45, 2.75) is 43.0 Å². The van der Waals surface area contributed by atoms with Gasteiger partial charge in [0.25, 0.3) is 0 Å². The van der Waals surface area contributed by atoms with Gasteiger partial charge in [0.2, 0.25) is 0 Å². The van der Waals surface area contributed by atoms with Gasteiger partial charge < -0.3 is 4.57 Å². The molecule has 4 rings (SSSR count). The maximum absolute atomic E-state index is 5.00. The number of aryl methyl sites for hydroxylation is 1. The van der Waals surface area contributed by atoms with Gasteiger partial charge in [0.1, 0.15) is 5.82 Å². The molecule has 0 radical (unpaired) electrons. The Balaban J connectivity index is 1.91. The van der Waals surface area contributed by atoms with Gasteiger partial charge in [-0.2, -0.15) is 0 Å². The van der Waals surface area contributed by atoms with Crippen molar-refractivity contribution >= 4 is 18.7 Å². The molecule has 0 amide bonds. The van der Waals surface area contributed by atoms with Crippen LogP contribution in [0.25, 0.3) is 17.5 Å². The molecule has 0 bridgehead atoms. The van der Waals surface area contributed by atoms with Gasteiger partial charge in [0.05, 0.1) is 11.4 Å². The number of rotatable bonds is 2. The Labute approximate surface area is 137 Å². The third-order valence-electron chi connectivity index (χ3n) is 4.60. The quantitative estimate of drug-likeness (QED) is 0.605. The van der Waals surface area contributed by atoms with Crippen LogP contribution in [0.1, 0.15) is 43.1 Å². The Morgan fingerprint density at radius 1 is 1.09 bits per heavy atom. The highest BCUT2D eigenvalue weighted by atomic mass is 32.1. The number of aromatic nitrogens is 2. The van der Waals surface area contributed by atoms with Gasteiger partial charge in [-0.15, -0.1) is 12.6 Å². The first-order chi connectivity index (χ1) is 10.8. The Morgan fingerprint density at radius 3 is 2.82 bits per heavy atom. The van der Waals surface area contributed by atoms with Gasteiger partial charge in [-0.05, 0) is 44.2 Å². The molecule has 0 saturated carbocycles. The molecule has 1 atom stereocenters. The summed E-state index contributed by atoms with van der Waals surface area (Å²) >= 11 is 4.65. The molecule has 2 aliphatic rings. The minimum absolute atomic E-state index is 0.506. The number of allylic oxidation sites excluding steroid dienone is 3. The highest BCUT2D eigenvalue weighted by Crippen LogP contribution is 2.36. The molecule has 22 heavy (non-hydrogen) atoms. The number of benzene rings is 1. The second-order valence-corrected chi connectivity index (χ2v) is 6.52. The maximum atomic E-state index is 5.00. The minimum atomic E-state index is 0.506. The zero-order chi connectivity index (χ0) is 14.9. The number of thiol groups is 1. The zero-order valence-electron chi connectivity index (χ0n) is 12.6. The molecule has 112 valence electrons. The smallest absolute Gasteiger partial charge is 0.142 e. The Bertz CT molecular complexity index is 755. The monoisotopic (exact) mass is 308 g/mol. The molecule has 0 spiro atoms. The van der Waals surface area contributed by atoms with E-state index in [1.807, 2.05) is 12.1 Å². The molecule has 1 aromatic carbocycles. The summed E-state index contributed by atoms with van der Waals surface area (Å²) in [4.78, 5) is 6.00. The zero-order valence-corrected chi connectivity index (χ0v) is 13.5. The third-order valence-corrected chi connectivity index (χ3v) is 4.99. The van der Waals surface area contributed by atoms with Crippen molar-refractivity contribution in [2.24, 2.45) is 0 Å². The molecule has 1 aromatic heterocycles. The van der Waals surface area contributed by atoms with Crippen molar-refractivity contribution in [1.82, 2.24) is 9.55 Å². The lowest BCUT2D eigenvalue weighted by molar-refractivity contribution is 0.461. The summed E-state index contributed by atoms with van der Waals surface area (Å²) in [6.07, 6.45) is 14.7. The van der Waals surface area contributed by atoms with E-state index in [0.29, 0.717) is 6.04 Å². The topological polar surface area (TPSA) is 17.8 Å². The van der Waals surface area contributed by atoms with Crippen LogP contribution in [0.4, 0.5) is 0 Å². The predicted octanol–water partition coefficient (Wildman–Crippen LogP) is 5.08. The van der Waals surface area contributed by atoms with Crippen molar-refractivity contribution in [3.05, 3.63) is 53.9 Å². The van der Waals surface area contributed by atoms with Crippen molar-refractivity contribution in [2.75, 3.05) is 0 Å². The lowest BCUT2D eigenvalue weighted by Gasteiger charge is -2.24. The first kappa shape index (κ1) is 13.9. The van der Waals surface area contributed by atoms with Crippen molar-refractivity contribution < 1.29 is 0 Å². The van der Waals surface area contributed by atoms with Gasteiger partial charge >= 0.3 is 0 Å². The summed E-state index contributed by atoms with van der Waals surface area (Å²) in [5.74, 6) is 1.09. The van der Waals surface area contributed by atoms with Crippen LogP contribution in [0.5, 0.6) is 0 Å². The fourth-order valence-electron chi connectivity index (χ4n) is 3.50. The lowest BCUT2D eigenvalue weighted by Crippen LogP contribution is -2.14. The average Bonchev–Trinajstić information content (AvgIpc) is 2.95. The number of nitrogens with zero attached hydrogens (tertiary/aromatic N) is 2. The lowest BCUT2D eigenvalue weighted by atomic mass is 10.00. The summed E-state index contributed by atoms with van der Waals surface area (Å²) in [7, 11) is 0. The van der Waals surface area contributed by atoms with Crippen LogP contribution < -0.4 is 0 Å². The van der Waals surface area contributed by atoms with Crippen LogP contribution >= 0.6 is 12.6 Å². The van der Waals surface area contributed by atoms with Crippen LogP contribution in [-0.2, 0) is 6.42 Å². The molecule has 2 aromatic rings. The van der Waals surface area contributed by atoms with Gasteiger partial charge in [0, 0.05) is 16.5 Å². The molecule has 0 saturated heterocycles. The largest absolute Gasteiger partial charge is 0.321 e. The standard InChI is InChI=1S/C19H20N2S/c22-18-13-7-4-10-15(18)19-20-16-11-5-6-12-17(16)21(19)14-8-2-1-3-9-14/h1-2,4,6-7,10,12-14,22H,3,5,8-9,11H2. The Hall–Kier alpha value is -1.74. The van der Waals surface area contributed by atoms with Crippen LogP contribution in [-0.4, -0.2) is 9.55 Å². The van der Waals surface area contributed by atoms with Gasteiger partial charge in [-0.1, -0.05) is 36.4 Å². The van der Waals surface area contributed by atoms with Gasteiger partial charge in [-0.3, -0.25) is 0 Å². The summed E-state index contributed by atoms with van der Waals surface area (Å²) in [5, 5.41) is 0. The van der Waals surface area contributed by atoms with E-state index >= 15 is 0 Å². The van der Waals surface area contributed by atoms with Crippen molar-refractivity contribution in [1.29, 1.82) is 0 Å². The van der Waals surface area contributed by atoms with Crippen molar-refractivity contribution in [3.63, 3.8) is 0 Å². The Kier molecular flexibility index (Phi) is 3.67. The molecule has 0 N–H and O–H groups in total. The van der Waals surface area contributed by atoms with Crippen LogP contribution in [0, 0.1) is 0 Å². The minimum Gasteiger partial charge on any atom is -0.321 e. The van der Waals surface area contributed by atoms with E-state index in [0.717, 1.165) is 42.0 Å². The molecule has 1 heterocycles. The fourth-order valence-corrected chi connectivity index (χ4v) is 3.76.